The largest absolute Gasteiger partial charge is 0.397 e. The van der Waals surface area contributed by atoms with Crippen LogP contribution < -0.4 is 27.4 Å². The normalized spacial score (nSPS) is 16.1. The van der Waals surface area contributed by atoms with Crippen LogP contribution in [0.2, 0.25) is 0 Å². The molecule has 0 unspecified atom stereocenters. The molecule has 1 aliphatic rings. The van der Waals surface area contributed by atoms with Crippen molar-refractivity contribution in [2.45, 2.75) is 6.42 Å². The monoisotopic (exact) mass is 283 g/mol. The summed E-state index contributed by atoms with van der Waals surface area (Å²) >= 11 is 1.14. The number of nitrogens with two attached hydrogens (primary N) is 3. The van der Waals surface area contributed by atoms with Gasteiger partial charge >= 0.3 is 0 Å². The maximum atomic E-state index is 11.6. The van der Waals surface area contributed by atoms with Crippen molar-refractivity contribution in [3.63, 3.8) is 0 Å². The van der Waals surface area contributed by atoms with Gasteiger partial charge in [-0.1, -0.05) is 0 Å². The van der Waals surface area contributed by atoms with Gasteiger partial charge in [-0.3, -0.25) is 9.59 Å². The number of thiophene rings is 1. The van der Waals surface area contributed by atoms with E-state index in [0.29, 0.717) is 5.00 Å². The number of hydrogen-bond donors (Lipinski definition) is 4. The second-order valence-corrected chi connectivity index (χ2v) is 5.34. The first-order valence-corrected chi connectivity index (χ1v) is 6.81. The molecule has 0 spiro atoms. The van der Waals surface area contributed by atoms with Crippen LogP contribution >= 0.6 is 11.3 Å². The lowest BCUT2D eigenvalue weighted by molar-refractivity contribution is 0.0999. The highest BCUT2D eigenvalue weighted by atomic mass is 32.1. The van der Waals surface area contributed by atoms with Crippen LogP contribution in [0.1, 0.15) is 26.5 Å². The molecule has 1 aromatic rings. The molecule has 7 nitrogen and oxygen atoms in total. The van der Waals surface area contributed by atoms with Crippen LogP contribution in [0, 0.1) is 0 Å². The SMILES string of the molecule is NC(=O)c1sc(N2CCCNCC2)c(C(N)=O)c1N. The molecule has 0 aromatic carbocycles. The van der Waals surface area contributed by atoms with Crippen molar-refractivity contribution in [3.8, 4) is 0 Å². The minimum absolute atomic E-state index is 0.0946. The second kappa shape index (κ2) is 5.45. The maximum Gasteiger partial charge on any atom is 0.260 e. The van der Waals surface area contributed by atoms with Crippen LogP contribution in [-0.2, 0) is 0 Å². The molecule has 0 bridgehead atoms. The zero-order valence-corrected chi connectivity index (χ0v) is 11.3. The van der Waals surface area contributed by atoms with E-state index >= 15 is 0 Å². The summed E-state index contributed by atoms with van der Waals surface area (Å²) in [6.07, 6.45) is 0.946. The van der Waals surface area contributed by atoms with Crippen LogP contribution in [0.25, 0.3) is 0 Å². The van der Waals surface area contributed by atoms with E-state index in [1.165, 1.54) is 0 Å². The van der Waals surface area contributed by atoms with Gasteiger partial charge in [-0.05, 0) is 13.0 Å². The predicted molar refractivity (Wildman–Crippen MR) is 75.5 cm³/mol. The van der Waals surface area contributed by atoms with Gasteiger partial charge in [0.15, 0.2) is 0 Å². The first-order valence-electron chi connectivity index (χ1n) is 6.00. The average Bonchev–Trinajstić information content (AvgIpc) is 2.53. The summed E-state index contributed by atoms with van der Waals surface area (Å²) in [6.45, 7) is 3.25. The summed E-state index contributed by atoms with van der Waals surface area (Å²) in [4.78, 5) is 25.1. The minimum atomic E-state index is -0.635. The van der Waals surface area contributed by atoms with Crippen LogP contribution in [-0.4, -0.2) is 38.0 Å². The third kappa shape index (κ3) is 2.64. The molecular weight excluding hydrogens is 266 g/mol. The molecule has 104 valence electrons. The summed E-state index contributed by atoms with van der Waals surface area (Å²) in [5.41, 5.74) is 16.8. The molecule has 7 N–H and O–H groups in total. The Morgan fingerprint density at radius 3 is 2.53 bits per heavy atom. The molecule has 1 saturated heterocycles. The highest BCUT2D eigenvalue weighted by Gasteiger charge is 2.26. The number of hydrogen-bond acceptors (Lipinski definition) is 6. The quantitative estimate of drug-likeness (QED) is 0.585. The standard InChI is InChI=1S/C11H17N5O2S/c12-7-6(9(13)17)11(19-8(7)10(14)18)16-4-1-2-15-3-5-16/h15H,1-5,12H2,(H2,13,17)(H2,14,18). The van der Waals surface area contributed by atoms with Gasteiger partial charge in [0.2, 0.25) is 0 Å². The number of rotatable bonds is 3. The number of amides is 2. The van der Waals surface area contributed by atoms with Crippen molar-refractivity contribution in [2.24, 2.45) is 11.5 Å². The molecule has 19 heavy (non-hydrogen) atoms. The van der Waals surface area contributed by atoms with Crippen LogP contribution in [0.5, 0.6) is 0 Å². The van der Waals surface area contributed by atoms with Crippen molar-refractivity contribution >= 4 is 33.8 Å². The van der Waals surface area contributed by atoms with E-state index in [9.17, 15) is 9.59 Å². The summed E-state index contributed by atoms with van der Waals surface area (Å²) < 4.78 is 0. The van der Waals surface area contributed by atoms with E-state index < -0.39 is 11.8 Å². The number of nitrogens with zero attached hydrogens (tertiary/aromatic N) is 1. The molecule has 0 radical (unpaired) electrons. The topological polar surface area (TPSA) is 127 Å². The average molecular weight is 283 g/mol. The van der Waals surface area contributed by atoms with E-state index in [1.807, 2.05) is 4.90 Å². The molecule has 1 fully saturated rings. The smallest absolute Gasteiger partial charge is 0.260 e. The zero-order valence-electron chi connectivity index (χ0n) is 10.4. The Labute approximate surface area is 114 Å². The minimum Gasteiger partial charge on any atom is -0.397 e. The third-order valence-electron chi connectivity index (χ3n) is 3.02. The molecule has 0 aliphatic carbocycles. The molecule has 2 rings (SSSR count). The van der Waals surface area contributed by atoms with Crippen molar-refractivity contribution in [3.05, 3.63) is 10.4 Å². The molecular formula is C11H17N5O2S. The molecule has 0 atom stereocenters. The first-order chi connectivity index (χ1) is 9.02. The summed E-state index contributed by atoms with van der Waals surface area (Å²) in [5.74, 6) is -1.27. The maximum absolute atomic E-state index is 11.6. The number of primary amides is 2. The lowest BCUT2D eigenvalue weighted by atomic mass is 10.2. The van der Waals surface area contributed by atoms with Crippen molar-refractivity contribution in [2.75, 3.05) is 36.8 Å². The van der Waals surface area contributed by atoms with Crippen molar-refractivity contribution < 1.29 is 9.59 Å². The molecule has 2 amide bonds. The summed E-state index contributed by atoms with van der Waals surface area (Å²) in [7, 11) is 0. The molecule has 1 aromatic heterocycles. The number of carbonyl (C=O) groups excluding carboxylic acids is 2. The Morgan fingerprint density at radius 1 is 1.16 bits per heavy atom. The lowest BCUT2D eigenvalue weighted by Gasteiger charge is -2.21. The Bertz CT molecular complexity index is 505. The number of carbonyl (C=O) groups is 2. The highest BCUT2D eigenvalue weighted by Crippen LogP contribution is 2.38. The Kier molecular flexibility index (Phi) is 3.91. The van der Waals surface area contributed by atoms with E-state index in [-0.39, 0.29) is 16.1 Å². The van der Waals surface area contributed by atoms with Crippen LogP contribution in [0.3, 0.4) is 0 Å². The van der Waals surface area contributed by atoms with E-state index in [0.717, 1.165) is 43.9 Å². The van der Waals surface area contributed by atoms with Crippen LogP contribution in [0.15, 0.2) is 0 Å². The van der Waals surface area contributed by atoms with Gasteiger partial charge in [0.1, 0.15) is 9.88 Å². The van der Waals surface area contributed by atoms with Gasteiger partial charge in [0.05, 0.1) is 11.3 Å². The number of anilines is 2. The fraction of sp³-hybridized carbons (Fsp3) is 0.455. The lowest BCUT2D eigenvalue weighted by Crippen LogP contribution is -2.29. The van der Waals surface area contributed by atoms with E-state index in [1.54, 1.807) is 0 Å². The zero-order chi connectivity index (χ0) is 14.0. The van der Waals surface area contributed by atoms with Gasteiger partial charge in [-0.25, -0.2) is 0 Å². The van der Waals surface area contributed by atoms with Gasteiger partial charge in [-0.15, -0.1) is 11.3 Å². The Balaban J connectivity index is 2.45. The highest BCUT2D eigenvalue weighted by molar-refractivity contribution is 7.19. The van der Waals surface area contributed by atoms with E-state index in [4.69, 9.17) is 17.2 Å². The Hall–Kier alpha value is -1.80. The van der Waals surface area contributed by atoms with E-state index in [2.05, 4.69) is 5.32 Å². The number of nitrogens with one attached hydrogen (secondary N) is 1. The molecule has 2 heterocycles. The van der Waals surface area contributed by atoms with Gasteiger partial charge in [0, 0.05) is 19.6 Å². The number of nitrogen functional groups attached to an aromatic ring is 1. The summed E-state index contributed by atoms with van der Waals surface area (Å²) in [5, 5.41) is 3.90. The fourth-order valence-electron chi connectivity index (χ4n) is 2.12. The van der Waals surface area contributed by atoms with Crippen molar-refractivity contribution in [1.82, 2.24) is 5.32 Å². The Morgan fingerprint density at radius 2 is 1.89 bits per heavy atom. The molecule has 1 aliphatic heterocycles. The first kappa shape index (κ1) is 13.6. The van der Waals surface area contributed by atoms with Gasteiger partial charge in [0.25, 0.3) is 11.8 Å². The summed E-state index contributed by atoms with van der Waals surface area (Å²) in [6, 6.07) is 0. The third-order valence-corrected chi connectivity index (χ3v) is 4.30. The second-order valence-electron chi connectivity index (χ2n) is 4.34. The predicted octanol–water partition coefficient (Wildman–Crippen LogP) is -0.672. The van der Waals surface area contributed by atoms with Gasteiger partial charge < -0.3 is 27.4 Å². The van der Waals surface area contributed by atoms with Crippen molar-refractivity contribution in [1.29, 1.82) is 0 Å². The molecule has 0 saturated carbocycles. The fourth-order valence-corrected chi connectivity index (χ4v) is 3.25. The van der Waals surface area contributed by atoms with Crippen LogP contribution in [0.4, 0.5) is 10.7 Å². The van der Waals surface area contributed by atoms with Gasteiger partial charge in [-0.2, -0.15) is 0 Å². The molecule has 8 heteroatoms.